The maximum atomic E-state index is 11.9. The number of alkyl halides is 1. The van der Waals surface area contributed by atoms with E-state index in [1.165, 1.54) is 12.1 Å². The standard InChI is InChI=1S/C13H17ClN2O3S/c1-20-7-6-10(16)13(18)19-12(14)11(17)8-2-4-9(15)5-3-8/h2-5,10,12H,6-7,15-16H2,1H3. The highest BCUT2D eigenvalue weighted by Gasteiger charge is 2.24. The lowest BCUT2D eigenvalue weighted by molar-refractivity contribution is -0.145. The minimum absolute atomic E-state index is 0.324. The molecule has 1 aromatic rings. The number of thioether (sulfide) groups is 1. The summed E-state index contributed by atoms with van der Waals surface area (Å²) in [6.07, 6.45) is 2.38. The summed E-state index contributed by atoms with van der Waals surface area (Å²) in [5, 5.41) is 0. The lowest BCUT2D eigenvalue weighted by Gasteiger charge is -2.14. The number of carbonyl (C=O) groups is 2. The molecule has 110 valence electrons. The van der Waals surface area contributed by atoms with Gasteiger partial charge in [-0.25, -0.2) is 0 Å². The Bertz CT molecular complexity index is 467. The zero-order valence-electron chi connectivity index (χ0n) is 11.0. The molecule has 0 aliphatic rings. The van der Waals surface area contributed by atoms with Gasteiger partial charge in [0.05, 0.1) is 0 Å². The lowest BCUT2D eigenvalue weighted by Crippen LogP contribution is -2.36. The highest BCUT2D eigenvalue weighted by atomic mass is 35.5. The van der Waals surface area contributed by atoms with Crippen LogP contribution in [0.25, 0.3) is 0 Å². The Morgan fingerprint density at radius 3 is 2.50 bits per heavy atom. The third-order valence-corrected chi connectivity index (χ3v) is 3.49. The second kappa shape index (κ2) is 8.14. The van der Waals surface area contributed by atoms with Crippen LogP contribution in [0.15, 0.2) is 24.3 Å². The molecule has 1 rings (SSSR count). The maximum absolute atomic E-state index is 11.9. The number of ether oxygens (including phenoxy) is 1. The van der Waals surface area contributed by atoms with Gasteiger partial charge in [-0.1, -0.05) is 11.6 Å². The number of hydrogen-bond acceptors (Lipinski definition) is 6. The number of carbonyl (C=O) groups excluding carboxylic acids is 2. The number of nitrogens with two attached hydrogens (primary N) is 2. The first-order valence-corrected chi connectivity index (χ1v) is 7.77. The van der Waals surface area contributed by atoms with Crippen molar-refractivity contribution in [2.75, 3.05) is 17.7 Å². The van der Waals surface area contributed by atoms with Crippen molar-refractivity contribution in [1.29, 1.82) is 0 Å². The number of Topliss-reactive ketones (excluding diaryl/α,β-unsaturated/α-hetero) is 1. The smallest absolute Gasteiger partial charge is 0.324 e. The van der Waals surface area contributed by atoms with Crippen molar-refractivity contribution >= 4 is 40.8 Å². The van der Waals surface area contributed by atoms with E-state index in [4.69, 9.17) is 27.8 Å². The molecule has 0 aliphatic heterocycles. The van der Waals surface area contributed by atoms with Gasteiger partial charge in [0.15, 0.2) is 0 Å². The molecule has 0 bridgehead atoms. The van der Waals surface area contributed by atoms with Gasteiger partial charge in [-0.3, -0.25) is 9.59 Å². The zero-order chi connectivity index (χ0) is 15.1. The van der Waals surface area contributed by atoms with Crippen LogP contribution in [0.4, 0.5) is 5.69 Å². The molecule has 0 saturated carbocycles. The van der Waals surface area contributed by atoms with Crippen LogP contribution < -0.4 is 11.5 Å². The maximum Gasteiger partial charge on any atom is 0.324 e. The van der Waals surface area contributed by atoms with Crippen LogP contribution in [-0.2, 0) is 9.53 Å². The summed E-state index contributed by atoms with van der Waals surface area (Å²) in [4.78, 5) is 23.6. The third kappa shape index (κ3) is 5.03. The quantitative estimate of drug-likeness (QED) is 0.343. The average Bonchev–Trinajstić information content (AvgIpc) is 2.44. The van der Waals surface area contributed by atoms with E-state index in [-0.39, 0.29) is 0 Å². The molecular weight excluding hydrogens is 300 g/mol. The number of esters is 1. The van der Waals surface area contributed by atoms with Gasteiger partial charge < -0.3 is 16.2 Å². The third-order valence-electron chi connectivity index (χ3n) is 2.56. The summed E-state index contributed by atoms with van der Waals surface area (Å²) in [5.74, 6) is -0.449. The van der Waals surface area contributed by atoms with Gasteiger partial charge in [-0.05, 0) is 42.7 Å². The first kappa shape index (κ1) is 16.8. The molecule has 0 spiro atoms. The molecule has 0 saturated heterocycles. The summed E-state index contributed by atoms with van der Waals surface area (Å²) < 4.78 is 4.87. The summed E-state index contributed by atoms with van der Waals surface area (Å²) >= 11 is 7.37. The van der Waals surface area contributed by atoms with Crippen molar-refractivity contribution < 1.29 is 14.3 Å². The first-order valence-electron chi connectivity index (χ1n) is 5.94. The monoisotopic (exact) mass is 316 g/mol. The minimum Gasteiger partial charge on any atom is -0.437 e. The van der Waals surface area contributed by atoms with E-state index in [9.17, 15) is 9.59 Å². The molecule has 5 nitrogen and oxygen atoms in total. The Balaban J connectivity index is 2.57. The molecule has 4 N–H and O–H groups in total. The number of hydrogen-bond donors (Lipinski definition) is 2. The van der Waals surface area contributed by atoms with Gasteiger partial charge in [0.25, 0.3) is 0 Å². The summed E-state index contributed by atoms with van der Waals surface area (Å²) in [5.41, 5.74) is 10.6. The van der Waals surface area contributed by atoms with Gasteiger partial charge in [0.1, 0.15) is 6.04 Å². The van der Waals surface area contributed by atoms with Crippen LogP contribution in [0, 0.1) is 0 Å². The van der Waals surface area contributed by atoms with Crippen molar-refractivity contribution in [1.82, 2.24) is 0 Å². The van der Waals surface area contributed by atoms with E-state index in [1.54, 1.807) is 23.9 Å². The summed E-state index contributed by atoms with van der Waals surface area (Å²) in [7, 11) is 0. The number of rotatable bonds is 7. The molecule has 0 amide bonds. The van der Waals surface area contributed by atoms with Gasteiger partial charge in [0.2, 0.25) is 11.3 Å². The second-order valence-electron chi connectivity index (χ2n) is 4.13. The molecule has 0 aliphatic carbocycles. The average molecular weight is 317 g/mol. The van der Waals surface area contributed by atoms with E-state index in [0.29, 0.717) is 17.7 Å². The van der Waals surface area contributed by atoms with E-state index in [0.717, 1.165) is 5.75 Å². The number of anilines is 1. The van der Waals surface area contributed by atoms with Crippen LogP contribution in [0.3, 0.4) is 0 Å². The van der Waals surface area contributed by atoms with Gasteiger partial charge >= 0.3 is 5.97 Å². The van der Waals surface area contributed by atoms with Gasteiger partial charge in [-0.15, -0.1) is 0 Å². The predicted molar refractivity (Wildman–Crippen MR) is 81.9 cm³/mol. The van der Waals surface area contributed by atoms with Crippen LogP contribution in [-0.4, -0.2) is 35.4 Å². The molecule has 1 aromatic carbocycles. The molecule has 2 atom stereocenters. The van der Waals surface area contributed by atoms with Crippen molar-refractivity contribution in [2.24, 2.45) is 5.73 Å². The van der Waals surface area contributed by atoms with Gasteiger partial charge in [0, 0.05) is 11.3 Å². The Labute approximate surface area is 127 Å². The molecule has 0 aromatic heterocycles. The number of halogens is 1. The van der Waals surface area contributed by atoms with E-state index < -0.39 is 23.4 Å². The molecule has 7 heteroatoms. The molecule has 0 heterocycles. The molecule has 0 radical (unpaired) electrons. The highest BCUT2D eigenvalue weighted by molar-refractivity contribution is 7.98. The number of ketones is 1. The SMILES string of the molecule is CSCCC(N)C(=O)OC(Cl)C(=O)c1ccc(N)cc1. The Kier molecular flexibility index (Phi) is 6.84. The van der Waals surface area contributed by atoms with Crippen molar-refractivity contribution in [2.45, 2.75) is 18.0 Å². The van der Waals surface area contributed by atoms with Crippen LogP contribution in [0.2, 0.25) is 0 Å². The van der Waals surface area contributed by atoms with Crippen molar-refractivity contribution in [3.63, 3.8) is 0 Å². The van der Waals surface area contributed by atoms with E-state index in [2.05, 4.69) is 0 Å². The first-order chi connectivity index (χ1) is 9.45. The Morgan fingerprint density at radius 2 is 1.95 bits per heavy atom. The fourth-order valence-electron chi connectivity index (χ4n) is 1.38. The normalized spacial score (nSPS) is 13.6. The zero-order valence-corrected chi connectivity index (χ0v) is 12.6. The lowest BCUT2D eigenvalue weighted by atomic mass is 10.1. The molecule has 0 fully saturated rings. The van der Waals surface area contributed by atoms with Crippen LogP contribution in [0.5, 0.6) is 0 Å². The topological polar surface area (TPSA) is 95.4 Å². The Morgan fingerprint density at radius 1 is 1.35 bits per heavy atom. The van der Waals surface area contributed by atoms with E-state index in [1.807, 2.05) is 6.26 Å². The predicted octanol–water partition coefficient (Wildman–Crippen LogP) is 1.64. The molecular formula is C13H17ClN2O3S. The fourth-order valence-corrected chi connectivity index (χ4v) is 2.09. The highest BCUT2D eigenvalue weighted by Crippen LogP contribution is 2.13. The summed E-state index contributed by atoms with van der Waals surface area (Å²) in [6.45, 7) is 0. The van der Waals surface area contributed by atoms with Gasteiger partial charge in [-0.2, -0.15) is 11.8 Å². The fraction of sp³-hybridized carbons (Fsp3) is 0.385. The van der Waals surface area contributed by atoms with Crippen molar-refractivity contribution in [3.8, 4) is 0 Å². The van der Waals surface area contributed by atoms with Crippen LogP contribution in [0.1, 0.15) is 16.8 Å². The number of benzene rings is 1. The van der Waals surface area contributed by atoms with Crippen molar-refractivity contribution in [3.05, 3.63) is 29.8 Å². The molecule has 2 unspecified atom stereocenters. The Hall–Kier alpha value is -1.24. The largest absolute Gasteiger partial charge is 0.437 e. The molecule has 20 heavy (non-hydrogen) atoms. The van der Waals surface area contributed by atoms with Crippen LogP contribution >= 0.6 is 23.4 Å². The minimum atomic E-state index is -1.38. The summed E-state index contributed by atoms with van der Waals surface area (Å²) in [6, 6.07) is 5.41. The van der Waals surface area contributed by atoms with E-state index >= 15 is 0 Å². The second-order valence-corrected chi connectivity index (χ2v) is 5.51. The number of nitrogen functional groups attached to an aromatic ring is 1.